The van der Waals surface area contributed by atoms with Crippen molar-refractivity contribution in [3.63, 3.8) is 0 Å². The van der Waals surface area contributed by atoms with E-state index in [2.05, 4.69) is 6.92 Å². The van der Waals surface area contributed by atoms with Crippen LogP contribution in [0.5, 0.6) is 0 Å². The third-order valence-corrected chi connectivity index (χ3v) is 1.58. The molecular weight excluding hydrogens is 102 g/mol. The van der Waals surface area contributed by atoms with Crippen molar-refractivity contribution in [3.8, 4) is 0 Å². The van der Waals surface area contributed by atoms with Gasteiger partial charge in [-0.25, -0.2) is 0 Å². The van der Waals surface area contributed by atoms with Crippen molar-refractivity contribution in [2.45, 2.75) is 32.0 Å². The fourth-order valence-corrected chi connectivity index (χ4v) is 1.06. The molecule has 48 valence electrons. The molecule has 0 unspecified atom stereocenters. The Hall–Kier alpha value is -0.0800. The average Bonchev–Trinajstić information content (AvgIpc) is 2.14. The van der Waals surface area contributed by atoms with Crippen LogP contribution in [-0.4, -0.2) is 18.8 Å². The summed E-state index contributed by atoms with van der Waals surface area (Å²) < 4.78 is 5.39. The molecule has 1 saturated heterocycles. The Morgan fingerprint density at radius 2 is 2.38 bits per heavy atom. The highest BCUT2D eigenvalue weighted by molar-refractivity contribution is 4.70. The van der Waals surface area contributed by atoms with E-state index < -0.39 is 0 Å². The predicted octanol–water partition coefficient (Wildman–Crippen LogP) is 0.513. The van der Waals surface area contributed by atoms with E-state index in [0.717, 1.165) is 6.42 Å². The van der Waals surface area contributed by atoms with Gasteiger partial charge in [0.15, 0.2) is 0 Å². The van der Waals surface area contributed by atoms with Crippen LogP contribution in [0.1, 0.15) is 19.8 Å². The van der Waals surface area contributed by atoms with E-state index in [1.54, 1.807) is 0 Å². The molecule has 1 heterocycles. The summed E-state index contributed by atoms with van der Waals surface area (Å²) in [5, 5.41) is 0. The molecule has 2 N–H and O–H groups in total. The Morgan fingerprint density at radius 3 is 2.62 bits per heavy atom. The zero-order chi connectivity index (χ0) is 5.98. The van der Waals surface area contributed by atoms with Crippen LogP contribution in [0, 0.1) is 0 Å². The van der Waals surface area contributed by atoms with E-state index in [0.29, 0.717) is 18.8 Å². The molecule has 0 saturated carbocycles. The van der Waals surface area contributed by atoms with Crippen LogP contribution in [0.25, 0.3) is 0 Å². The van der Waals surface area contributed by atoms with Gasteiger partial charge in [0.2, 0.25) is 0 Å². The van der Waals surface area contributed by atoms with Crippen molar-refractivity contribution in [3.05, 3.63) is 0 Å². The van der Waals surface area contributed by atoms with Crippen molar-refractivity contribution >= 4 is 0 Å². The van der Waals surface area contributed by atoms with E-state index in [9.17, 15) is 0 Å². The standard InChI is InChI=1S/C6H13NO/c1-5-2-3-6(4-7)8-5/h5-6H,2-4,7H2,1H3/t5-,6-/m1/s1. The minimum atomic E-state index is 0.352. The zero-order valence-electron chi connectivity index (χ0n) is 5.26. The molecule has 0 aromatic carbocycles. The van der Waals surface area contributed by atoms with Crippen molar-refractivity contribution in [1.82, 2.24) is 0 Å². The van der Waals surface area contributed by atoms with Gasteiger partial charge in [0, 0.05) is 6.54 Å². The Kier molecular flexibility index (Phi) is 1.86. The zero-order valence-corrected chi connectivity index (χ0v) is 5.26. The SMILES string of the molecule is C[C@@H]1CC[C@H](CN)O1. The second-order valence-corrected chi connectivity index (χ2v) is 2.38. The first-order chi connectivity index (χ1) is 3.83. The quantitative estimate of drug-likeness (QED) is 0.540. The fourth-order valence-electron chi connectivity index (χ4n) is 1.06. The minimum Gasteiger partial charge on any atom is -0.374 e. The lowest BCUT2D eigenvalue weighted by Gasteiger charge is -2.05. The molecule has 0 bridgehead atoms. The first kappa shape index (κ1) is 6.05. The fraction of sp³-hybridized carbons (Fsp3) is 1.00. The van der Waals surface area contributed by atoms with E-state index in [1.807, 2.05) is 0 Å². The van der Waals surface area contributed by atoms with Crippen LogP contribution in [0.2, 0.25) is 0 Å². The summed E-state index contributed by atoms with van der Waals surface area (Å²) in [6, 6.07) is 0. The smallest absolute Gasteiger partial charge is 0.0701 e. The van der Waals surface area contributed by atoms with Gasteiger partial charge < -0.3 is 10.5 Å². The Bertz CT molecular complexity index is 74.9. The van der Waals surface area contributed by atoms with Crippen molar-refractivity contribution < 1.29 is 4.74 Å². The van der Waals surface area contributed by atoms with Crippen LogP contribution >= 0.6 is 0 Å². The lowest BCUT2D eigenvalue weighted by molar-refractivity contribution is 0.0612. The molecule has 0 spiro atoms. The minimum absolute atomic E-state index is 0.352. The van der Waals surface area contributed by atoms with Gasteiger partial charge >= 0.3 is 0 Å². The molecule has 2 heteroatoms. The number of rotatable bonds is 1. The normalized spacial score (nSPS) is 38.2. The summed E-state index contributed by atoms with van der Waals surface area (Å²) in [5.74, 6) is 0. The van der Waals surface area contributed by atoms with Gasteiger partial charge in [0.05, 0.1) is 12.2 Å². The summed E-state index contributed by atoms with van der Waals surface area (Å²) >= 11 is 0. The van der Waals surface area contributed by atoms with Gasteiger partial charge in [-0.15, -0.1) is 0 Å². The van der Waals surface area contributed by atoms with Gasteiger partial charge in [0.25, 0.3) is 0 Å². The Balaban J connectivity index is 2.22. The van der Waals surface area contributed by atoms with E-state index >= 15 is 0 Å². The Morgan fingerprint density at radius 1 is 1.62 bits per heavy atom. The van der Waals surface area contributed by atoms with Crippen LogP contribution in [0.15, 0.2) is 0 Å². The first-order valence-corrected chi connectivity index (χ1v) is 3.18. The molecule has 0 aromatic rings. The first-order valence-electron chi connectivity index (χ1n) is 3.18. The predicted molar refractivity (Wildman–Crippen MR) is 32.6 cm³/mol. The number of hydrogen-bond acceptors (Lipinski definition) is 2. The number of ether oxygens (including phenoxy) is 1. The summed E-state index contributed by atoms with van der Waals surface area (Å²) in [7, 11) is 0. The van der Waals surface area contributed by atoms with Crippen molar-refractivity contribution in [2.24, 2.45) is 5.73 Å². The highest BCUT2D eigenvalue weighted by Gasteiger charge is 2.19. The van der Waals surface area contributed by atoms with Gasteiger partial charge in [-0.2, -0.15) is 0 Å². The van der Waals surface area contributed by atoms with Crippen LogP contribution in [0.3, 0.4) is 0 Å². The lowest BCUT2D eigenvalue weighted by Crippen LogP contribution is -2.19. The summed E-state index contributed by atoms with van der Waals surface area (Å²) in [6.07, 6.45) is 3.13. The molecular formula is C6H13NO. The van der Waals surface area contributed by atoms with Crippen LogP contribution in [0.4, 0.5) is 0 Å². The molecule has 0 amide bonds. The molecule has 0 radical (unpaired) electrons. The maximum atomic E-state index is 5.39. The van der Waals surface area contributed by atoms with Gasteiger partial charge in [-0.1, -0.05) is 0 Å². The third-order valence-electron chi connectivity index (χ3n) is 1.58. The van der Waals surface area contributed by atoms with Crippen LogP contribution in [-0.2, 0) is 4.74 Å². The molecule has 0 aliphatic carbocycles. The summed E-state index contributed by atoms with van der Waals surface area (Å²) in [5.41, 5.74) is 5.37. The third kappa shape index (κ3) is 1.20. The maximum Gasteiger partial charge on any atom is 0.0701 e. The second-order valence-electron chi connectivity index (χ2n) is 2.38. The van der Waals surface area contributed by atoms with Crippen molar-refractivity contribution in [2.75, 3.05) is 6.54 Å². The monoisotopic (exact) mass is 115 g/mol. The summed E-state index contributed by atoms with van der Waals surface area (Å²) in [4.78, 5) is 0. The molecule has 1 rings (SSSR count). The molecule has 0 aromatic heterocycles. The topological polar surface area (TPSA) is 35.2 Å². The highest BCUT2D eigenvalue weighted by Crippen LogP contribution is 2.17. The molecule has 8 heavy (non-hydrogen) atoms. The van der Waals surface area contributed by atoms with E-state index in [4.69, 9.17) is 10.5 Å². The molecule has 2 atom stereocenters. The average molecular weight is 115 g/mol. The summed E-state index contributed by atoms with van der Waals surface area (Å²) in [6.45, 7) is 2.78. The second kappa shape index (κ2) is 2.46. The highest BCUT2D eigenvalue weighted by atomic mass is 16.5. The number of hydrogen-bond donors (Lipinski definition) is 1. The Labute approximate surface area is 50.0 Å². The van der Waals surface area contributed by atoms with Gasteiger partial charge in [-0.3, -0.25) is 0 Å². The largest absolute Gasteiger partial charge is 0.374 e. The van der Waals surface area contributed by atoms with Gasteiger partial charge in [0.1, 0.15) is 0 Å². The molecule has 1 aliphatic heterocycles. The molecule has 2 nitrogen and oxygen atoms in total. The molecule has 1 fully saturated rings. The van der Waals surface area contributed by atoms with E-state index in [-0.39, 0.29) is 0 Å². The molecule has 1 aliphatic rings. The number of nitrogens with two attached hydrogens (primary N) is 1. The lowest BCUT2D eigenvalue weighted by atomic mass is 10.2. The maximum absolute atomic E-state index is 5.39. The van der Waals surface area contributed by atoms with Crippen molar-refractivity contribution in [1.29, 1.82) is 0 Å². The van der Waals surface area contributed by atoms with Crippen LogP contribution < -0.4 is 5.73 Å². The van der Waals surface area contributed by atoms with Gasteiger partial charge in [-0.05, 0) is 19.8 Å². The van der Waals surface area contributed by atoms with E-state index in [1.165, 1.54) is 6.42 Å².